The Morgan fingerprint density at radius 1 is 0.429 bits per heavy atom. The third-order valence-electron chi connectivity index (χ3n) is 13.0. The molecule has 63 heavy (non-hydrogen) atoms. The normalized spacial score (nSPS) is 14.5. The summed E-state index contributed by atoms with van der Waals surface area (Å²) in [6.45, 7) is 4.70. The van der Waals surface area contributed by atoms with Crippen molar-refractivity contribution in [2.75, 3.05) is 65.4 Å². The Morgan fingerprint density at radius 3 is 1.05 bits per heavy atom. The van der Waals surface area contributed by atoms with Gasteiger partial charge in [0, 0.05) is 51.2 Å². The van der Waals surface area contributed by atoms with E-state index in [2.05, 4.69) is 13.8 Å². The molecule has 0 aliphatic carbocycles. The van der Waals surface area contributed by atoms with Gasteiger partial charge >= 0.3 is 23.9 Å². The minimum absolute atomic E-state index is 0.0638. The van der Waals surface area contributed by atoms with E-state index in [0.29, 0.717) is 19.3 Å². The van der Waals surface area contributed by atoms with Gasteiger partial charge in [0.05, 0.1) is 26.2 Å². The summed E-state index contributed by atoms with van der Waals surface area (Å²) in [7, 11) is 0. The van der Waals surface area contributed by atoms with E-state index in [-0.39, 0.29) is 51.6 Å². The van der Waals surface area contributed by atoms with E-state index in [4.69, 9.17) is 0 Å². The second-order valence-corrected chi connectivity index (χ2v) is 18.9. The number of amides is 1. The molecule has 0 spiro atoms. The molecule has 0 radical (unpaired) electrons. The van der Waals surface area contributed by atoms with Gasteiger partial charge < -0.3 is 25.3 Å². The molecule has 368 valence electrons. The van der Waals surface area contributed by atoms with Crippen molar-refractivity contribution in [3.63, 3.8) is 0 Å². The van der Waals surface area contributed by atoms with Gasteiger partial charge in [-0.25, -0.2) is 0 Å². The van der Waals surface area contributed by atoms with Gasteiger partial charge in [-0.3, -0.25) is 38.7 Å². The van der Waals surface area contributed by atoms with Gasteiger partial charge in [0.15, 0.2) is 0 Å². The van der Waals surface area contributed by atoms with Crippen LogP contribution in [0, 0.1) is 0 Å². The van der Waals surface area contributed by atoms with Gasteiger partial charge in [0.1, 0.15) is 0 Å². The first-order valence-electron chi connectivity index (χ1n) is 25.8. The molecule has 1 saturated heterocycles. The summed E-state index contributed by atoms with van der Waals surface area (Å²) in [4.78, 5) is 68.3. The molecule has 1 aliphatic rings. The van der Waals surface area contributed by atoms with Crippen molar-refractivity contribution in [3.8, 4) is 0 Å². The maximum Gasteiger partial charge on any atom is 0.317 e. The molecule has 0 aromatic heterocycles. The van der Waals surface area contributed by atoms with Crippen molar-refractivity contribution in [1.29, 1.82) is 0 Å². The van der Waals surface area contributed by atoms with Crippen LogP contribution in [0.5, 0.6) is 0 Å². The molecule has 0 saturated carbocycles. The lowest BCUT2D eigenvalue weighted by Crippen LogP contribution is -2.62. The smallest absolute Gasteiger partial charge is 0.317 e. The van der Waals surface area contributed by atoms with Crippen LogP contribution in [-0.2, 0) is 24.0 Å². The van der Waals surface area contributed by atoms with Crippen LogP contribution in [0.25, 0.3) is 0 Å². The largest absolute Gasteiger partial charge is 0.480 e. The van der Waals surface area contributed by atoms with Crippen LogP contribution >= 0.6 is 0 Å². The zero-order valence-corrected chi connectivity index (χ0v) is 40.3. The van der Waals surface area contributed by atoms with Gasteiger partial charge in [0.25, 0.3) is 0 Å². The number of carbonyl (C=O) groups is 5. The van der Waals surface area contributed by atoms with Crippen LogP contribution < -0.4 is 0 Å². The molecule has 13 nitrogen and oxygen atoms in total. The van der Waals surface area contributed by atoms with Crippen LogP contribution in [-0.4, -0.2) is 141 Å². The Labute approximate surface area is 383 Å². The van der Waals surface area contributed by atoms with E-state index in [1.54, 1.807) is 9.80 Å². The Kier molecular flexibility index (Phi) is 35.6. The highest BCUT2D eigenvalue weighted by Gasteiger charge is 2.43. The minimum atomic E-state index is -1.23. The van der Waals surface area contributed by atoms with Crippen molar-refractivity contribution in [3.05, 3.63) is 0 Å². The minimum Gasteiger partial charge on any atom is -0.480 e. The van der Waals surface area contributed by atoms with Crippen LogP contribution in [0.15, 0.2) is 0 Å². The van der Waals surface area contributed by atoms with E-state index >= 15 is 0 Å². The van der Waals surface area contributed by atoms with Gasteiger partial charge in [-0.2, -0.15) is 0 Å². The lowest BCUT2D eigenvalue weighted by Gasteiger charge is -2.45. The Morgan fingerprint density at radius 2 is 0.746 bits per heavy atom. The van der Waals surface area contributed by atoms with Crippen LogP contribution in [0.1, 0.15) is 219 Å². The fraction of sp³-hybridized carbons (Fsp3) is 0.900. The monoisotopic (exact) mass is 895 g/mol. The van der Waals surface area contributed by atoms with Crippen LogP contribution in [0.2, 0.25) is 0 Å². The van der Waals surface area contributed by atoms with E-state index in [9.17, 15) is 44.4 Å². The molecule has 1 heterocycles. The second-order valence-electron chi connectivity index (χ2n) is 18.9. The van der Waals surface area contributed by atoms with Crippen molar-refractivity contribution in [2.45, 2.75) is 225 Å². The average molecular weight is 895 g/mol. The molecule has 0 aromatic carbocycles. The number of hydrogen-bond donors (Lipinski definition) is 4. The average Bonchev–Trinajstić information content (AvgIpc) is 3.39. The fourth-order valence-corrected chi connectivity index (χ4v) is 9.45. The zero-order chi connectivity index (χ0) is 46.4. The van der Waals surface area contributed by atoms with Gasteiger partial charge in [0.2, 0.25) is 5.91 Å². The molecule has 1 rings (SSSR count). The van der Waals surface area contributed by atoms with Crippen LogP contribution in [0.4, 0.5) is 0 Å². The SMILES string of the molecule is CCCCCCCCCCCCCCCCN(CCCCCCCCCCCCCCCC)C(=O)CCCCC1(N(CC(=O)O)CC(=O)O)CN(CC(=O)O)CCN(CC(=O)O)C1. The maximum absolute atomic E-state index is 13.8. The summed E-state index contributed by atoms with van der Waals surface area (Å²) in [6.07, 6.45) is 37.3. The molecular weight excluding hydrogens is 801 g/mol. The predicted octanol–water partition coefficient (Wildman–Crippen LogP) is 10.3. The molecule has 0 aromatic rings. The van der Waals surface area contributed by atoms with Crippen molar-refractivity contribution >= 4 is 29.8 Å². The van der Waals surface area contributed by atoms with Crippen molar-refractivity contribution < 1.29 is 44.4 Å². The lowest BCUT2D eigenvalue weighted by molar-refractivity contribution is -0.148. The van der Waals surface area contributed by atoms with Gasteiger partial charge in [-0.05, 0) is 25.7 Å². The zero-order valence-electron chi connectivity index (χ0n) is 40.3. The van der Waals surface area contributed by atoms with Crippen molar-refractivity contribution in [1.82, 2.24) is 19.6 Å². The summed E-state index contributed by atoms with van der Waals surface area (Å²) in [5.74, 6) is -4.52. The Hall–Kier alpha value is -2.77. The number of nitrogens with zero attached hydrogens (tertiary/aromatic N) is 4. The topological polar surface area (TPSA) is 179 Å². The first kappa shape index (κ1) is 58.2. The highest BCUT2D eigenvalue weighted by Crippen LogP contribution is 2.29. The number of hydrogen-bond acceptors (Lipinski definition) is 8. The summed E-state index contributed by atoms with van der Waals surface area (Å²) >= 11 is 0. The fourth-order valence-electron chi connectivity index (χ4n) is 9.45. The summed E-state index contributed by atoms with van der Waals surface area (Å²) in [5, 5.41) is 39.0. The number of carbonyl (C=O) groups excluding carboxylic acids is 1. The molecular formula is C50H94N4O9. The van der Waals surface area contributed by atoms with Gasteiger partial charge in [-0.1, -0.05) is 187 Å². The van der Waals surface area contributed by atoms with E-state index < -0.39 is 42.5 Å². The number of rotatable bonds is 44. The number of unbranched alkanes of at least 4 members (excludes halogenated alkanes) is 27. The summed E-state index contributed by atoms with van der Waals surface area (Å²) < 4.78 is 0. The highest BCUT2D eigenvalue weighted by atomic mass is 16.4. The van der Waals surface area contributed by atoms with E-state index in [1.807, 2.05) is 4.90 Å². The van der Waals surface area contributed by atoms with Crippen LogP contribution in [0.3, 0.4) is 0 Å². The summed E-state index contributed by atoms with van der Waals surface area (Å²) in [6, 6.07) is 0. The molecule has 13 heteroatoms. The van der Waals surface area contributed by atoms with E-state index in [0.717, 1.165) is 38.8 Å². The van der Waals surface area contributed by atoms with E-state index in [1.165, 1.54) is 159 Å². The Bertz CT molecular complexity index is 1130. The number of aliphatic carboxylic acids is 4. The molecule has 1 aliphatic heterocycles. The lowest BCUT2D eigenvalue weighted by atomic mass is 9.88. The Balaban J connectivity index is 2.82. The quantitative estimate of drug-likeness (QED) is 0.0426. The standard InChI is InChI=1S/C50H94N4O9/c1-3-5-7-9-11-13-15-17-19-21-23-25-27-31-35-53(36-32-28-26-24-22-20-18-16-14-12-10-8-6-4-2)45(55)33-29-30-34-50(54(41-48(60)61)42-49(62)63)43-51(39-46(56)57)37-38-52(44-50)40-47(58)59/h3-44H2,1-2H3,(H,56,57)(H,58,59)(H,60,61)(H,62,63). The summed E-state index contributed by atoms with van der Waals surface area (Å²) in [5.41, 5.74) is -1.16. The third kappa shape index (κ3) is 31.7. The first-order valence-corrected chi connectivity index (χ1v) is 25.8. The molecule has 0 unspecified atom stereocenters. The molecule has 0 bridgehead atoms. The van der Waals surface area contributed by atoms with Gasteiger partial charge in [-0.15, -0.1) is 0 Å². The molecule has 1 fully saturated rings. The second kappa shape index (κ2) is 38.5. The number of carboxylic acids is 4. The first-order chi connectivity index (χ1) is 30.4. The van der Waals surface area contributed by atoms with Crippen molar-refractivity contribution in [2.24, 2.45) is 0 Å². The maximum atomic E-state index is 13.8. The predicted molar refractivity (Wildman–Crippen MR) is 253 cm³/mol. The molecule has 0 atom stereocenters. The molecule has 1 amide bonds. The third-order valence-corrected chi connectivity index (χ3v) is 13.0. The molecule has 4 N–H and O–H groups in total. The number of carboxylic acid groups (broad SMARTS) is 4. The highest BCUT2D eigenvalue weighted by molar-refractivity contribution is 5.76.